The van der Waals surface area contributed by atoms with Crippen LogP contribution in [0, 0.1) is 0 Å². The molecule has 1 aromatic heterocycles. The van der Waals surface area contributed by atoms with Gasteiger partial charge in [0.25, 0.3) is 0 Å². The molecule has 1 saturated heterocycles. The first-order valence-corrected chi connectivity index (χ1v) is 6.62. The van der Waals surface area contributed by atoms with E-state index in [1.54, 1.807) is 6.20 Å². The molecule has 4 heteroatoms. The second kappa shape index (κ2) is 7.11. The molecule has 1 amide bonds. The van der Waals surface area contributed by atoms with Crippen molar-refractivity contribution in [3.8, 4) is 0 Å². The summed E-state index contributed by atoms with van der Waals surface area (Å²) >= 11 is 0. The lowest BCUT2D eigenvalue weighted by atomic mass is 10.1. The van der Waals surface area contributed by atoms with Gasteiger partial charge in [-0.2, -0.15) is 0 Å². The number of rotatable bonds is 6. The Bertz CT molecular complexity index is 361. The first-order chi connectivity index (χ1) is 8.84. The van der Waals surface area contributed by atoms with Crippen molar-refractivity contribution in [3.63, 3.8) is 0 Å². The van der Waals surface area contributed by atoms with Gasteiger partial charge in [-0.15, -0.1) is 0 Å². The summed E-state index contributed by atoms with van der Waals surface area (Å²) in [7, 11) is 0. The van der Waals surface area contributed by atoms with Crippen LogP contribution < -0.4 is 5.32 Å². The van der Waals surface area contributed by atoms with Crippen LogP contribution in [0.2, 0.25) is 0 Å². The lowest BCUT2D eigenvalue weighted by molar-refractivity contribution is -0.121. The molecule has 1 aromatic rings. The van der Waals surface area contributed by atoms with Crippen molar-refractivity contribution < 1.29 is 9.53 Å². The summed E-state index contributed by atoms with van der Waals surface area (Å²) in [4.78, 5) is 15.6. The van der Waals surface area contributed by atoms with Gasteiger partial charge < -0.3 is 10.1 Å². The highest BCUT2D eigenvalue weighted by molar-refractivity contribution is 5.75. The summed E-state index contributed by atoms with van der Waals surface area (Å²) < 4.78 is 5.49. The van der Waals surface area contributed by atoms with Crippen LogP contribution in [0.1, 0.15) is 31.2 Å². The Kier molecular flexibility index (Phi) is 5.15. The normalized spacial score (nSPS) is 18.8. The lowest BCUT2D eigenvalue weighted by Gasteiger charge is -2.09. The second-order valence-electron chi connectivity index (χ2n) is 4.63. The Labute approximate surface area is 108 Å². The topological polar surface area (TPSA) is 51.2 Å². The van der Waals surface area contributed by atoms with E-state index in [0.717, 1.165) is 37.9 Å². The Balaban J connectivity index is 1.57. The van der Waals surface area contributed by atoms with Crippen molar-refractivity contribution in [2.45, 2.75) is 38.2 Å². The molecule has 0 spiro atoms. The van der Waals surface area contributed by atoms with E-state index in [9.17, 15) is 4.79 Å². The van der Waals surface area contributed by atoms with Crippen LogP contribution in [0.5, 0.6) is 0 Å². The van der Waals surface area contributed by atoms with Crippen molar-refractivity contribution in [2.24, 2.45) is 0 Å². The summed E-state index contributed by atoms with van der Waals surface area (Å²) in [6.45, 7) is 1.53. The zero-order chi connectivity index (χ0) is 12.6. The molecule has 1 atom stereocenters. The highest BCUT2D eigenvalue weighted by Crippen LogP contribution is 2.16. The lowest BCUT2D eigenvalue weighted by Crippen LogP contribution is -2.26. The van der Waals surface area contributed by atoms with E-state index in [1.165, 1.54) is 0 Å². The minimum Gasteiger partial charge on any atom is -0.378 e. The third kappa shape index (κ3) is 4.45. The summed E-state index contributed by atoms with van der Waals surface area (Å²) in [6.07, 6.45) is 8.36. The molecular weight excluding hydrogens is 228 g/mol. The van der Waals surface area contributed by atoms with Crippen LogP contribution >= 0.6 is 0 Å². The fourth-order valence-electron chi connectivity index (χ4n) is 2.14. The first-order valence-electron chi connectivity index (χ1n) is 6.62. The van der Waals surface area contributed by atoms with Gasteiger partial charge in [0, 0.05) is 32.0 Å². The third-order valence-corrected chi connectivity index (χ3v) is 3.18. The molecule has 4 nitrogen and oxygen atoms in total. The Morgan fingerprint density at radius 3 is 3.22 bits per heavy atom. The van der Waals surface area contributed by atoms with Gasteiger partial charge in [-0.1, -0.05) is 6.07 Å². The van der Waals surface area contributed by atoms with Crippen LogP contribution in [-0.2, 0) is 16.0 Å². The maximum atomic E-state index is 11.6. The first kappa shape index (κ1) is 13.0. The number of hydrogen-bond acceptors (Lipinski definition) is 3. The van der Waals surface area contributed by atoms with E-state index < -0.39 is 0 Å². The highest BCUT2D eigenvalue weighted by atomic mass is 16.5. The van der Waals surface area contributed by atoms with Gasteiger partial charge in [0.1, 0.15) is 0 Å². The van der Waals surface area contributed by atoms with Crippen molar-refractivity contribution in [1.82, 2.24) is 10.3 Å². The quantitative estimate of drug-likeness (QED) is 0.833. The van der Waals surface area contributed by atoms with Crippen molar-refractivity contribution in [1.29, 1.82) is 0 Å². The predicted molar refractivity (Wildman–Crippen MR) is 69.2 cm³/mol. The fourth-order valence-corrected chi connectivity index (χ4v) is 2.14. The van der Waals surface area contributed by atoms with Crippen molar-refractivity contribution in [3.05, 3.63) is 30.1 Å². The van der Waals surface area contributed by atoms with E-state index in [0.29, 0.717) is 19.1 Å². The van der Waals surface area contributed by atoms with Gasteiger partial charge in [0.05, 0.1) is 6.10 Å². The maximum absolute atomic E-state index is 11.6. The number of aromatic nitrogens is 1. The van der Waals surface area contributed by atoms with Gasteiger partial charge in [-0.05, 0) is 37.3 Å². The summed E-state index contributed by atoms with van der Waals surface area (Å²) in [5.41, 5.74) is 1.15. The minimum atomic E-state index is 0.120. The number of amides is 1. The molecule has 0 radical (unpaired) electrons. The van der Waals surface area contributed by atoms with Crippen LogP contribution in [-0.4, -0.2) is 30.1 Å². The maximum Gasteiger partial charge on any atom is 0.220 e. The van der Waals surface area contributed by atoms with Crippen LogP contribution in [0.3, 0.4) is 0 Å². The largest absolute Gasteiger partial charge is 0.378 e. The predicted octanol–water partition coefficient (Wildman–Crippen LogP) is 1.70. The molecule has 18 heavy (non-hydrogen) atoms. The summed E-state index contributed by atoms with van der Waals surface area (Å²) in [6, 6.07) is 3.93. The molecule has 1 N–H and O–H groups in total. The molecule has 1 unspecified atom stereocenters. The molecule has 2 rings (SSSR count). The van der Waals surface area contributed by atoms with Gasteiger partial charge in [-0.3, -0.25) is 9.78 Å². The molecule has 0 bridgehead atoms. The van der Waals surface area contributed by atoms with Crippen molar-refractivity contribution in [2.75, 3.05) is 13.2 Å². The number of carbonyl (C=O) groups is 1. The number of hydrogen-bond donors (Lipinski definition) is 1. The van der Waals surface area contributed by atoms with E-state index in [4.69, 9.17) is 4.74 Å². The molecule has 2 heterocycles. The number of ether oxygens (including phenoxy) is 1. The SMILES string of the molecule is O=C(CCC1CCCO1)NCCc1cccnc1. The smallest absolute Gasteiger partial charge is 0.220 e. The van der Waals surface area contributed by atoms with Gasteiger partial charge >= 0.3 is 0 Å². The Morgan fingerprint density at radius 1 is 1.56 bits per heavy atom. The average Bonchev–Trinajstić information content (AvgIpc) is 2.91. The van der Waals surface area contributed by atoms with E-state index in [1.807, 2.05) is 18.3 Å². The zero-order valence-electron chi connectivity index (χ0n) is 10.6. The number of pyridine rings is 1. The molecule has 0 aromatic carbocycles. The van der Waals surface area contributed by atoms with Crippen LogP contribution in [0.15, 0.2) is 24.5 Å². The Morgan fingerprint density at radius 2 is 2.50 bits per heavy atom. The van der Waals surface area contributed by atoms with Gasteiger partial charge in [-0.25, -0.2) is 0 Å². The van der Waals surface area contributed by atoms with Crippen LogP contribution in [0.4, 0.5) is 0 Å². The monoisotopic (exact) mass is 248 g/mol. The molecule has 1 aliphatic rings. The zero-order valence-corrected chi connectivity index (χ0v) is 10.6. The highest BCUT2D eigenvalue weighted by Gasteiger charge is 2.16. The second-order valence-corrected chi connectivity index (χ2v) is 4.63. The Hall–Kier alpha value is -1.42. The van der Waals surface area contributed by atoms with E-state index in [-0.39, 0.29) is 5.91 Å². The number of carbonyl (C=O) groups excluding carboxylic acids is 1. The number of nitrogens with zero attached hydrogens (tertiary/aromatic N) is 1. The number of nitrogens with one attached hydrogen (secondary N) is 1. The summed E-state index contributed by atoms with van der Waals surface area (Å²) in [5, 5.41) is 2.93. The standard InChI is InChI=1S/C14H20N2O2/c17-14(6-5-13-4-2-10-18-13)16-9-7-12-3-1-8-15-11-12/h1,3,8,11,13H,2,4-7,9-10H2,(H,16,17). The van der Waals surface area contributed by atoms with E-state index in [2.05, 4.69) is 10.3 Å². The summed E-state index contributed by atoms with van der Waals surface area (Å²) in [5.74, 6) is 0.120. The van der Waals surface area contributed by atoms with E-state index >= 15 is 0 Å². The average molecular weight is 248 g/mol. The third-order valence-electron chi connectivity index (χ3n) is 3.18. The van der Waals surface area contributed by atoms with Crippen LogP contribution in [0.25, 0.3) is 0 Å². The van der Waals surface area contributed by atoms with Crippen molar-refractivity contribution >= 4 is 5.91 Å². The molecule has 98 valence electrons. The molecule has 1 fully saturated rings. The molecule has 0 aliphatic carbocycles. The van der Waals surface area contributed by atoms with Gasteiger partial charge in [0.15, 0.2) is 0 Å². The molecular formula is C14H20N2O2. The van der Waals surface area contributed by atoms with Gasteiger partial charge in [0.2, 0.25) is 5.91 Å². The fraction of sp³-hybridized carbons (Fsp3) is 0.571. The molecule has 0 saturated carbocycles. The minimum absolute atomic E-state index is 0.120. The molecule has 1 aliphatic heterocycles.